The lowest BCUT2D eigenvalue weighted by atomic mass is 10.2. The Morgan fingerprint density at radius 1 is 0.889 bits per heavy atom. The molecule has 3 N–H and O–H groups in total. The summed E-state index contributed by atoms with van der Waals surface area (Å²) in [5.74, 6) is 2.93. The molecule has 92 valence electrons. The summed E-state index contributed by atoms with van der Waals surface area (Å²) in [5.41, 5.74) is 6.43. The van der Waals surface area contributed by atoms with Crippen LogP contribution in [0, 0.1) is 0 Å². The van der Waals surface area contributed by atoms with E-state index in [-0.39, 0.29) is 0 Å². The Bertz CT molecular complexity index is 569. The van der Waals surface area contributed by atoms with E-state index in [9.17, 15) is 0 Å². The third-order valence-corrected chi connectivity index (χ3v) is 2.71. The molecule has 0 fully saturated rings. The minimum absolute atomic E-state index is 0.595. The zero-order valence-electron chi connectivity index (χ0n) is 9.85. The van der Waals surface area contributed by atoms with Gasteiger partial charge in [-0.1, -0.05) is 12.1 Å². The van der Waals surface area contributed by atoms with E-state index in [2.05, 4.69) is 5.32 Å². The second-order valence-corrected chi connectivity index (χ2v) is 4.03. The van der Waals surface area contributed by atoms with Crippen molar-refractivity contribution in [2.24, 2.45) is 5.73 Å². The molecule has 0 spiro atoms. The van der Waals surface area contributed by atoms with Crippen LogP contribution in [0.25, 0.3) is 0 Å². The first-order chi connectivity index (χ1) is 8.86. The monoisotopic (exact) mass is 242 g/mol. The average Bonchev–Trinajstić information content (AvgIpc) is 2.42. The zero-order valence-corrected chi connectivity index (χ0v) is 9.85. The number of nitrogens with two attached hydrogens (primary N) is 1. The van der Waals surface area contributed by atoms with E-state index in [1.165, 1.54) is 0 Å². The van der Waals surface area contributed by atoms with E-state index < -0.39 is 0 Å². The molecule has 2 aromatic rings. The van der Waals surface area contributed by atoms with Gasteiger partial charge in [-0.05, 0) is 24.3 Å². The Hall–Kier alpha value is -2.20. The number of benzene rings is 2. The molecule has 2 aromatic carbocycles. The van der Waals surface area contributed by atoms with Crippen molar-refractivity contribution in [3.8, 4) is 23.0 Å². The minimum Gasteiger partial charge on any atom is -0.450 e. The number of para-hydroxylation sites is 2. The quantitative estimate of drug-likeness (QED) is 0.741. The Morgan fingerprint density at radius 2 is 1.56 bits per heavy atom. The van der Waals surface area contributed by atoms with E-state index >= 15 is 0 Å². The van der Waals surface area contributed by atoms with Gasteiger partial charge in [0.05, 0.1) is 0 Å². The van der Waals surface area contributed by atoms with Crippen LogP contribution in [0.2, 0.25) is 0 Å². The van der Waals surface area contributed by atoms with E-state index in [4.69, 9.17) is 15.2 Å². The van der Waals surface area contributed by atoms with Crippen molar-refractivity contribution in [2.45, 2.75) is 0 Å². The van der Waals surface area contributed by atoms with Gasteiger partial charge in [0.15, 0.2) is 23.0 Å². The van der Waals surface area contributed by atoms with E-state index in [0.717, 1.165) is 35.2 Å². The topological polar surface area (TPSA) is 56.5 Å². The van der Waals surface area contributed by atoms with E-state index in [1.54, 1.807) is 0 Å². The van der Waals surface area contributed by atoms with Crippen molar-refractivity contribution in [1.82, 2.24) is 0 Å². The highest BCUT2D eigenvalue weighted by Crippen LogP contribution is 2.45. The molecule has 0 atom stereocenters. The third kappa shape index (κ3) is 1.98. The molecule has 18 heavy (non-hydrogen) atoms. The molecule has 3 rings (SSSR count). The molecule has 0 aliphatic carbocycles. The summed E-state index contributed by atoms with van der Waals surface area (Å²) in [6.45, 7) is 1.33. The predicted octanol–water partition coefficient (Wildman–Crippen LogP) is 2.96. The molecule has 1 aliphatic rings. The maximum Gasteiger partial charge on any atom is 0.172 e. The molecular weight excluding hydrogens is 228 g/mol. The summed E-state index contributed by atoms with van der Waals surface area (Å²) < 4.78 is 11.6. The lowest BCUT2D eigenvalue weighted by Gasteiger charge is -2.21. The molecule has 1 heterocycles. The van der Waals surface area contributed by atoms with Gasteiger partial charge in [0.25, 0.3) is 0 Å². The number of anilines is 1. The minimum atomic E-state index is 0.595. The summed E-state index contributed by atoms with van der Waals surface area (Å²) in [5, 5.41) is 3.21. The molecule has 1 aliphatic heterocycles. The second-order valence-electron chi connectivity index (χ2n) is 4.03. The summed E-state index contributed by atoms with van der Waals surface area (Å²) in [6.07, 6.45) is 0. The number of fused-ring (bicyclic) bond motifs is 2. The van der Waals surface area contributed by atoms with Crippen LogP contribution in [0.5, 0.6) is 23.0 Å². The standard InChI is InChI=1S/C14H14N2O2/c15-7-8-16-10-5-6-13-14(9-10)18-12-4-2-1-3-11(12)17-13/h1-6,9,16H,7-8,15H2. The van der Waals surface area contributed by atoms with E-state index in [1.807, 2.05) is 42.5 Å². The van der Waals surface area contributed by atoms with Crippen molar-refractivity contribution < 1.29 is 9.47 Å². The zero-order chi connectivity index (χ0) is 12.4. The highest BCUT2D eigenvalue weighted by Gasteiger charge is 2.18. The molecule has 0 aromatic heterocycles. The van der Waals surface area contributed by atoms with Crippen molar-refractivity contribution in [1.29, 1.82) is 0 Å². The Balaban J connectivity index is 1.89. The molecule has 0 amide bonds. The molecule has 4 heteroatoms. The van der Waals surface area contributed by atoms with Crippen LogP contribution in [-0.2, 0) is 0 Å². The smallest absolute Gasteiger partial charge is 0.172 e. The van der Waals surface area contributed by atoms with Crippen LogP contribution in [0.15, 0.2) is 42.5 Å². The molecule has 0 bridgehead atoms. The largest absolute Gasteiger partial charge is 0.450 e. The second kappa shape index (κ2) is 4.58. The van der Waals surface area contributed by atoms with Crippen LogP contribution >= 0.6 is 0 Å². The van der Waals surface area contributed by atoms with Crippen molar-refractivity contribution in [2.75, 3.05) is 18.4 Å². The van der Waals surface area contributed by atoms with Crippen LogP contribution in [-0.4, -0.2) is 13.1 Å². The number of hydrogen-bond donors (Lipinski definition) is 2. The molecule has 0 saturated heterocycles. The van der Waals surface area contributed by atoms with E-state index in [0.29, 0.717) is 6.54 Å². The molecule has 4 nitrogen and oxygen atoms in total. The summed E-state index contributed by atoms with van der Waals surface area (Å²) >= 11 is 0. The number of hydrogen-bond acceptors (Lipinski definition) is 4. The fourth-order valence-electron chi connectivity index (χ4n) is 1.85. The summed E-state index contributed by atoms with van der Waals surface area (Å²) in [7, 11) is 0. The van der Waals surface area contributed by atoms with Crippen LogP contribution in [0.1, 0.15) is 0 Å². The fourth-order valence-corrected chi connectivity index (χ4v) is 1.85. The third-order valence-electron chi connectivity index (χ3n) is 2.71. The first-order valence-electron chi connectivity index (χ1n) is 5.89. The summed E-state index contributed by atoms with van der Waals surface area (Å²) in [6, 6.07) is 13.4. The molecule has 0 saturated carbocycles. The highest BCUT2D eigenvalue weighted by atomic mass is 16.6. The molecular formula is C14H14N2O2. The Kier molecular flexibility index (Phi) is 2.78. The van der Waals surface area contributed by atoms with Gasteiger partial charge in [0.2, 0.25) is 0 Å². The number of nitrogens with one attached hydrogen (secondary N) is 1. The van der Waals surface area contributed by atoms with Gasteiger partial charge >= 0.3 is 0 Å². The Morgan fingerprint density at radius 3 is 2.28 bits per heavy atom. The van der Waals surface area contributed by atoms with Crippen LogP contribution in [0.4, 0.5) is 5.69 Å². The Labute approximate surface area is 105 Å². The first kappa shape index (κ1) is 10.9. The average molecular weight is 242 g/mol. The van der Waals surface area contributed by atoms with Gasteiger partial charge in [-0.25, -0.2) is 0 Å². The fraction of sp³-hybridized carbons (Fsp3) is 0.143. The number of ether oxygens (including phenoxy) is 2. The summed E-state index contributed by atoms with van der Waals surface area (Å²) in [4.78, 5) is 0. The molecule has 0 radical (unpaired) electrons. The van der Waals surface area contributed by atoms with Gasteiger partial charge in [-0.3, -0.25) is 0 Å². The normalized spacial score (nSPS) is 11.8. The van der Waals surface area contributed by atoms with Gasteiger partial charge in [0.1, 0.15) is 0 Å². The highest BCUT2D eigenvalue weighted by molar-refractivity contribution is 5.60. The SMILES string of the molecule is NCCNc1ccc2c(c1)Oc1ccccc1O2. The molecule has 0 unspecified atom stereocenters. The van der Waals surface area contributed by atoms with Gasteiger partial charge < -0.3 is 20.5 Å². The first-order valence-corrected chi connectivity index (χ1v) is 5.89. The maximum absolute atomic E-state index is 5.80. The maximum atomic E-state index is 5.80. The van der Waals surface area contributed by atoms with Crippen LogP contribution < -0.4 is 20.5 Å². The lowest BCUT2D eigenvalue weighted by molar-refractivity contribution is 0.360. The van der Waals surface area contributed by atoms with Crippen molar-refractivity contribution in [3.63, 3.8) is 0 Å². The van der Waals surface area contributed by atoms with Crippen LogP contribution in [0.3, 0.4) is 0 Å². The lowest BCUT2D eigenvalue weighted by Crippen LogP contribution is -2.13. The van der Waals surface area contributed by atoms with Gasteiger partial charge in [-0.2, -0.15) is 0 Å². The predicted molar refractivity (Wildman–Crippen MR) is 70.6 cm³/mol. The van der Waals surface area contributed by atoms with Crippen molar-refractivity contribution >= 4 is 5.69 Å². The van der Waals surface area contributed by atoms with Gasteiger partial charge in [-0.15, -0.1) is 0 Å². The van der Waals surface area contributed by atoms with Crippen molar-refractivity contribution in [3.05, 3.63) is 42.5 Å². The number of rotatable bonds is 3. The van der Waals surface area contributed by atoms with Gasteiger partial charge in [0, 0.05) is 24.8 Å².